The topological polar surface area (TPSA) is 222 Å². The van der Waals surface area contributed by atoms with Crippen molar-refractivity contribution in [1.82, 2.24) is 14.8 Å². The monoisotopic (exact) mass is 779 g/mol. The number of benzene rings is 2. The number of carboxylic acid groups (broad SMARTS) is 1. The molecule has 3 aliphatic rings. The molecule has 1 N–H and O–H groups in total. The van der Waals surface area contributed by atoms with Crippen LogP contribution in [0.4, 0.5) is 21.0 Å². The highest BCUT2D eigenvalue weighted by Gasteiger charge is 2.58. The molecular weight excluding hydrogens is 747 g/mol. The fourth-order valence-electron chi connectivity index (χ4n) is 6.55. The van der Waals surface area contributed by atoms with Gasteiger partial charge < -0.3 is 29.1 Å². The Labute approximate surface area is 315 Å². The van der Waals surface area contributed by atoms with Crippen LogP contribution in [-0.2, 0) is 37.0 Å². The maximum Gasteiger partial charge on any atom is 0.508 e. The lowest BCUT2D eigenvalue weighted by Crippen LogP contribution is -2.62. The quantitative estimate of drug-likeness (QED) is 0.0674. The number of nitro groups is 2. The van der Waals surface area contributed by atoms with Crippen molar-refractivity contribution < 1.29 is 48.3 Å². The number of β-lactam (4-membered cyclic amide) rings is 1. The van der Waals surface area contributed by atoms with E-state index in [1.54, 1.807) is 17.3 Å². The van der Waals surface area contributed by atoms with Crippen molar-refractivity contribution in [3.8, 4) is 0 Å². The number of rotatable bonds is 14. The first-order valence-electron chi connectivity index (χ1n) is 16.6. The van der Waals surface area contributed by atoms with Crippen LogP contribution in [0.1, 0.15) is 30.9 Å². The SMILES string of the molecule is C[C@@H](OC(=O)OCc1ccc([N+](=O)[O-])cc1)[C@H]1C(=O)N2C(C(=O)O)=C(S[C@H]3C[C@@H](CSc4ccncc4)N(C(=O)OCc4ccc([N+](=O)[O-])cc4)C3)C[C@H]12. The standard InChI is InChI=1S/C35H33N5O12S2/c1-20(52-35(45)51-18-22-4-8-24(9-5-22)40(48)49)30-28-15-29(31(33(42)43)38(28)32(30)41)54-27-14-25(19-53-26-10-12-36-13-11-26)37(16-27)34(44)50-17-21-2-6-23(7-3-21)39(46)47/h2-13,20,25,27-28,30H,14-19H2,1H3,(H,42,43)/t20-,25+,27+,28-,30-/m1/s1. The molecular formula is C35H33N5O12S2. The Balaban J connectivity index is 1.08. The van der Waals surface area contributed by atoms with E-state index in [1.807, 2.05) is 12.1 Å². The van der Waals surface area contributed by atoms with E-state index in [2.05, 4.69) is 4.98 Å². The fraction of sp³-hybridized carbons (Fsp3) is 0.343. The van der Waals surface area contributed by atoms with Gasteiger partial charge in [-0.15, -0.1) is 23.5 Å². The predicted molar refractivity (Wildman–Crippen MR) is 192 cm³/mol. The lowest BCUT2D eigenvalue weighted by molar-refractivity contribution is -0.385. The molecule has 0 aliphatic carbocycles. The summed E-state index contributed by atoms with van der Waals surface area (Å²) in [5.41, 5.74) is 0.727. The third-order valence-corrected chi connectivity index (χ3v) is 11.7. The minimum Gasteiger partial charge on any atom is -0.477 e. The number of pyridine rings is 1. The van der Waals surface area contributed by atoms with Crippen molar-refractivity contribution >= 4 is 59.0 Å². The van der Waals surface area contributed by atoms with Gasteiger partial charge in [-0.2, -0.15) is 0 Å². The minimum atomic E-state index is -1.27. The molecule has 54 heavy (non-hydrogen) atoms. The first-order chi connectivity index (χ1) is 25.9. The van der Waals surface area contributed by atoms with E-state index < -0.39 is 52.0 Å². The van der Waals surface area contributed by atoms with Crippen molar-refractivity contribution in [2.24, 2.45) is 5.92 Å². The molecule has 0 spiro atoms. The second-order valence-corrected chi connectivity index (χ2v) is 15.1. The number of carbonyl (C=O) groups is 4. The van der Waals surface area contributed by atoms with Crippen LogP contribution < -0.4 is 0 Å². The molecule has 3 aromatic rings. The summed E-state index contributed by atoms with van der Waals surface area (Å²) in [6, 6.07) is 14.0. The summed E-state index contributed by atoms with van der Waals surface area (Å²) in [6.07, 6.45) is 1.49. The Bertz CT molecular complexity index is 1960. The second kappa shape index (κ2) is 16.5. The number of carboxylic acids is 1. The molecule has 0 saturated carbocycles. The minimum absolute atomic E-state index is 0.0845. The zero-order chi connectivity index (χ0) is 38.5. The molecule has 0 bridgehead atoms. The molecule has 6 rings (SSSR count). The third-order valence-electron chi connectivity index (χ3n) is 9.18. The zero-order valence-corrected chi connectivity index (χ0v) is 30.2. The van der Waals surface area contributed by atoms with Crippen LogP contribution in [0.15, 0.2) is 88.6 Å². The number of hydrogen-bond acceptors (Lipinski definition) is 14. The number of amides is 2. The molecule has 17 nitrogen and oxygen atoms in total. The number of nitro benzene ring substituents is 2. The number of aliphatic carboxylic acids is 1. The van der Waals surface area contributed by atoms with Crippen LogP contribution in [0.25, 0.3) is 0 Å². The highest BCUT2D eigenvalue weighted by Crippen LogP contribution is 2.49. The summed E-state index contributed by atoms with van der Waals surface area (Å²) in [5.74, 6) is -2.07. The normalized spacial score (nSPS) is 20.9. The summed E-state index contributed by atoms with van der Waals surface area (Å²) < 4.78 is 16.1. The average molecular weight is 780 g/mol. The number of nitrogens with zero attached hydrogens (tertiary/aromatic N) is 5. The highest BCUT2D eigenvalue weighted by atomic mass is 32.2. The van der Waals surface area contributed by atoms with Crippen molar-refractivity contribution in [2.45, 2.75) is 61.3 Å². The van der Waals surface area contributed by atoms with Gasteiger partial charge >= 0.3 is 18.2 Å². The first kappa shape index (κ1) is 38.0. The zero-order valence-electron chi connectivity index (χ0n) is 28.5. The molecule has 2 aromatic carbocycles. The van der Waals surface area contributed by atoms with Crippen molar-refractivity contribution in [1.29, 1.82) is 0 Å². The number of hydrogen-bond donors (Lipinski definition) is 1. The van der Waals surface area contributed by atoms with Crippen molar-refractivity contribution in [3.05, 3.63) is 115 Å². The lowest BCUT2D eigenvalue weighted by Gasteiger charge is -2.45. The number of likely N-dealkylation sites (tertiary alicyclic amines) is 1. The first-order valence-corrected chi connectivity index (χ1v) is 18.5. The summed E-state index contributed by atoms with van der Waals surface area (Å²) in [6.45, 7) is 1.45. The van der Waals surface area contributed by atoms with Crippen molar-refractivity contribution in [2.75, 3.05) is 12.3 Å². The largest absolute Gasteiger partial charge is 0.508 e. The summed E-state index contributed by atoms with van der Waals surface area (Å²) in [5, 5.41) is 31.8. The van der Waals surface area contributed by atoms with Crippen molar-refractivity contribution in [3.63, 3.8) is 0 Å². The van der Waals surface area contributed by atoms with Gasteiger partial charge in [-0.1, -0.05) is 0 Å². The highest BCUT2D eigenvalue weighted by molar-refractivity contribution is 8.03. The fourth-order valence-corrected chi connectivity index (χ4v) is 9.08. The van der Waals surface area contributed by atoms with Gasteiger partial charge in [0.2, 0.25) is 5.91 Å². The van der Waals surface area contributed by atoms with Gasteiger partial charge in [-0.05, 0) is 60.9 Å². The Kier molecular flexibility index (Phi) is 11.7. The van der Waals surface area contributed by atoms with E-state index in [-0.39, 0.29) is 54.5 Å². The van der Waals surface area contributed by atoms with Crippen LogP contribution in [0.5, 0.6) is 0 Å². The van der Waals surface area contributed by atoms with Gasteiger partial charge in [0.15, 0.2) is 0 Å². The summed E-state index contributed by atoms with van der Waals surface area (Å²) in [4.78, 5) is 80.8. The summed E-state index contributed by atoms with van der Waals surface area (Å²) >= 11 is 2.83. The van der Waals surface area contributed by atoms with Crippen LogP contribution in [0.3, 0.4) is 0 Å². The molecule has 3 aliphatic heterocycles. The second-order valence-electron chi connectivity index (χ2n) is 12.6. The summed E-state index contributed by atoms with van der Waals surface area (Å²) in [7, 11) is 0. The molecule has 19 heteroatoms. The van der Waals surface area contributed by atoms with Gasteiger partial charge in [-0.25, -0.2) is 14.4 Å². The van der Waals surface area contributed by atoms with Crippen LogP contribution >= 0.6 is 23.5 Å². The molecule has 5 atom stereocenters. The van der Waals surface area contributed by atoms with E-state index in [1.165, 1.54) is 83.9 Å². The number of aromatic nitrogens is 1. The van der Waals surface area contributed by atoms with Gasteiger partial charge in [-0.3, -0.25) is 30.0 Å². The Morgan fingerprint density at radius 3 is 2.11 bits per heavy atom. The van der Waals surface area contributed by atoms with Gasteiger partial charge in [0.05, 0.1) is 21.8 Å². The molecule has 2 amide bonds. The lowest BCUT2D eigenvalue weighted by atomic mass is 9.83. The molecule has 2 saturated heterocycles. The molecule has 2 fully saturated rings. The van der Waals surface area contributed by atoms with Gasteiger partial charge in [0, 0.05) is 76.5 Å². The van der Waals surface area contributed by atoms with E-state index in [0.29, 0.717) is 28.2 Å². The third kappa shape index (κ3) is 8.57. The Hall–Kier alpha value is -5.69. The van der Waals surface area contributed by atoms with E-state index in [4.69, 9.17) is 14.2 Å². The molecule has 282 valence electrons. The Morgan fingerprint density at radius 1 is 0.944 bits per heavy atom. The number of non-ortho nitro benzene ring substituents is 2. The van der Waals surface area contributed by atoms with Gasteiger partial charge in [0.1, 0.15) is 25.0 Å². The van der Waals surface area contributed by atoms with E-state index in [9.17, 15) is 44.5 Å². The molecule has 0 radical (unpaired) electrons. The van der Waals surface area contributed by atoms with Crippen LogP contribution in [0, 0.1) is 26.1 Å². The van der Waals surface area contributed by atoms with E-state index >= 15 is 0 Å². The maximum absolute atomic E-state index is 13.4. The Morgan fingerprint density at radius 2 is 1.54 bits per heavy atom. The number of thioether (sulfide) groups is 2. The number of carbonyl (C=O) groups excluding carboxylic acids is 3. The van der Waals surface area contributed by atoms with Gasteiger partial charge in [0.25, 0.3) is 11.4 Å². The molecule has 1 aromatic heterocycles. The predicted octanol–water partition coefficient (Wildman–Crippen LogP) is 5.77. The molecule has 0 unspecified atom stereocenters. The smallest absolute Gasteiger partial charge is 0.477 e. The van der Waals surface area contributed by atoms with Crippen LogP contribution in [-0.4, -0.2) is 89.6 Å². The van der Waals surface area contributed by atoms with E-state index in [0.717, 1.165) is 4.90 Å². The van der Waals surface area contributed by atoms with Crippen LogP contribution in [0.2, 0.25) is 0 Å². The molecule has 4 heterocycles. The average Bonchev–Trinajstić information content (AvgIpc) is 3.71. The number of fused-ring (bicyclic) bond motifs is 1. The maximum atomic E-state index is 13.4. The number of ether oxygens (including phenoxy) is 3.